The number of aromatic nitrogens is 1. The molecule has 1 heterocycles. The van der Waals surface area contributed by atoms with Gasteiger partial charge in [-0.2, -0.15) is 0 Å². The lowest BCUT2D eigenvalue weighted by Gasteiger charge is -2.07. The Morgan fingerprint density at radius 3 is 2.67 bits per heavy atom. The van der Waals surface area contributed by atoms with Gasteiger partial charge in [0, 0.05) is 15.0 Å². The number of H-pyrrole nitrogens is 1. The predicted octanol–water partition coefficient (Wildman–Crippen LogP) is 2.91. The van der Waals surface area contributed by atoms with Gasteiger partial charge in [-0.25, -0.2) is 0 Å². The summed E-state index contributed by atoms with van der Waals surface area (Å²) in [4.78, 5) is 26.0. The van der Waals surface area contributed by atoms with Crippen molar-refractivity contribution < 1.29 is 4.79 Å². The van der Waals surface area contributed by atoms with Gasteiger partial charge in [0.05, 0.1) is 0 Å². The topological polar surface area (TPSA) is 62.0 Å². The molecular weight excluding hydrogens is 363 g/mol. The number of carbonyl (C=O) groups is 1. The third-order valence-electron chi connectivity index (χ3n) is 2.47. The predicted molar refractivity (Wildman–Crippen MR) is 81.5 cm³/mol. The van der Waals surface area contributed by atoms with Crippen LogP contribution in [0.2, 0.25) is 0 Å². The zero-order valence-corrected chi connectivity index (χ0v) is 12.8. The van der Waals surface area contributed by atoms with Gasteiger partial charge in [0.15, 0.2) is 0 Å². The molecule has 6 heteroatoms. The number of carbonyl (C=O) groups excluding carboxylic acids is 1. The lowest BCUT2D eigenvalue weighted by atomic mass is 10.2. The van der Waals surface area contributed by atoms with E-state index in [4.69, 9.17) is 0 Å². The Morgan fingerprint density at radius 2 is 2.11 bits per heavy atom. The summed E-state index contributed by atoms with van der Waals surface area (Å²) in [5.41, 5.74) is 2.36. The minimum absolute atomic E-state index is 0.211. The fourth-order valence-corrected chi connectivity index (χ4v) is 2.95. The van der Waals surface area contributed by atoms with Crippen LogP contribution in [0.3, 0.4) is 0 Å². The Labute approximate surface area is 122 Å². The molecule has 0 aliphatic heterocycles. The monoisotopic (exact) mass is 374 g/mol. The summed E-state index contributed by atoms with van der Waals surface area (Å²) in [5, 5.41) is 2.82. The van der Waals surface area contributed by atoms with Crippen molar-refractivity contribution in [3.63, 3.8) is 0 Å². The van der Waals surface area contributed by atoms with Crippen LogP contribution in [0.15, 0.2) is 23.0 Å². The molecule has 18 heavy (non-hydrogen) atoms. The number of thiazole rings is 1. The third-order valence-corrected chi connectivity index (χ3v) is 4.12. The molecule has 1 amide bonds. The average Bonchev–Trinajstić information content (AvgIpc) is 2.62. The van der Waals surface area contributed by atoms with E-state index in [0.29, 0.717) is 10.6 Å². The van der Waals surface area contributed by atoms with Crippen LogP contribution in [0, 0.1) is 17.4 Å². The second kappa shape index (κ2) is 5.23. The van der Waals surface area contributed by atoms with E-state index >= 15 is 0 Å². The van der Waals surface area contributed by atoms with E-state index in [1.165, 1.54) is 0 Å². The molecule has 0 fully saturated rings. The van der Waals surface area contributed by atoms with Crippen molar-refractivity contribution in [3.8, 4) is 0 Å². The summed E-state index contributed by atoms with van der Waals surface area (Å²) >= 11 is 3.15. The molecule has 1 aromatic carbocycles. The molecule has 2 N–H and O–H groups in total. The van der Waals surface area contributed by atoms with Crippen LogP contribution < -0.4 is 10.2 Å². The Hall–Kier alpha value is -1.15. The van der Waals surface area contributed by atoms with Crippen LogP contribution in [0.5, 0.6) is 0 Å². The summed E-state index contributed by atoms with van der Waals surface area (Å²) < 4.78 is 1.12. The molecule has 0 saturated heterocycles. The number of nitrogens with one attached hydrogen (secondary N) is 2. The van der Waals surface area contributed by atoms with Gasteiger partial charge in [-0.15, -0.1) is 0 Å². The molecule has 0 atom stereocenters. The first-order valence-electron chi connectivity index (χ1n) is 5.24. The molecule has 0 aliphatic carbocycles. The maximum absolute atomic E-state index is 12.0. The SMILES string of the molecule is Cc1cc(I)ccc1NC(=O)c1sc(=O)[nH]c1C. The first kappa shape index (κ1) is 13.3. The number of aromatic amines is 1. The lowest BCUT2D eigenvalue weighted by Crippen LogP contribution is -2.12. The number of hydrogen-bond acceptors (Lipinski definition) is 3. The van der Waals surface area contributed by atoms with Crippen molar-refractivity contribution in [1.82, 2.24) is 4.98 Å². The van der Waals surface area contributed by atoms with Gasteiger partial charge < -0.3 is 10.3 Å². The molecule has 0 aliphatic rings. The van der Waals surface area contributed by atoms with Crippen LogP contribution in [-0.4, -0.2) is 10.9 Å². The van der Waals surface area contributed by atoms with E-state index in [1.54, 1.807) is 6.92 Å². The number of rotatable bonds is 2. The van der Waals surface area contributed by atoms with Crippen molar-refractivity contribution in [3.05, 3.63) is 47.6 Å². The normalized spacial score (nSPS) is 10.4. The second-order valence-corrected chi connectivity index (χ2v) is 6.11. The molecule has 2 rings (SSSR count). The van der Waals surface area contributed by atoms with Crippen LogP contribution in [-0.2, 0) is 0 Å². The molecule has 4 nitrogen and oxygen atoms in total. The largest absolute Gasteiger partial charge is 0.321 e. The van der Waals surface area contributed by atoms with Gasteiger partial charge in [0.1, 0.15) is 4.88 Å². The maximum atomic E-state index is 12.0. The number of anilines is 1. The number of aryl methyl sites for hydroxylation is 2. The standard InChI is InChI=1S/C12H11IN2O2S/c1-6-5-8(13)3-4-9(6)15-11(16)10-7(2)14-12(17)18-10/h3-5H,1-2H3,(H,14,17)(H,15,16). The molecular formula is C12H11IN2O2S. The first-order chi connectivity index (χ1) is 8.47. The van der Waals surface area contributed by atoms with Crippen LogP contribution in [0.4, 0.5) is 5.69 Å². The number of halogens is 1. The van der Waals surface area contributed by atoms with E-state index in [2.05, 4.69) is 32.9 Å². The highest BCUT2D eigenvalue weighted by molar-refractivity contribution is 14.1. The van der Waals surface area contributed by atoms with Gasteiger partial charge in [0.2, 0.25) is 0 Å². The van der Waals surface area contributed by atoms with Crippen LogP contribution >= 0.6 is 33.9 Å². The zero-order chi connectivity index (χ0) is 13.3. The molecule has 0 radical (unpaired) electrons. The van der Waals surface area contributed by atoms with Gasteiger partial charge >= 0.3 is 4.87 Å². The van der Waals surface area contributed by atoms with E-state index in [1.807, 2.05) is 25.1 Å². The summed E-state index contributed by atoms with van der Waals surface area (Å²) in [7, 11) is 0. The molecule has 0 unspecified atom stereocenters. The van der Waals surface area contributed by atoms with Gasteiger partial charge in [-0.05, 0) is 60.2 Å². The Kier molecular flexibility index (Phi) is 3.86. The summed E-state index contributed by atoms with van der Waals surface area (Å²) in [6.45, 7) is 3.65. The minimum Gasteiger partial charge on any atom is -0.321 e. The lowest BCUT2D eigenvalue weighted by molar-refractivity contribution is 0.102. The minimum atomic E-state index is -0.250. The highest BCUT2D eigenvalue weighted by Gasteiger charge is 2.14. The fraction of sp³-hybridized carbons (Fsp3) is 0.167. The average molecular weight is 374 g/mol. The molecule has 0 bridgehead atoms. The smallest absolute Gasteiger partial charge is 0.305 e. The Balaban J connectivity index is 2.26. The van der Waals surface area contributed by atoms with Crippen molar-refractivity contribution >= 4 is 45.5 Å². The number of amides is 1. The quantitative estimate of drug-likeness (QED) is 0.795. The molecule has 0 saturated carbocycles. The van der Waals surface area contributed by atoms with Gasteiger partial charge in [0.25, 0.3) is 5.91 Å². The number of benzene rings is 1. The van der Waals surface area contributed by atoms with E-state index in [0.717, 1.165) is 26.2 Å². The van der Waals surface area contributed by atoms with Crippen LogP contribution in [0.1, 0.15) is 20.9 Å². The second-order valence-electron chi connectivity index (χ2n) is 3.88. The van der Waals surface area contributed by atoms with Crippen molar-refractivity contribution in [2.45, 2.75) is 13.8 Å². The zero-order valence-electron chi connectivity index (χ0n) is 9.83. The summed E-state index contributed by atoms with van der Waals surface area (Å²) in [5.74, 6) is -0.250. The third kappa shape index (κ3) is 2.81. The van der Waals surface area contributed by atoms with Gasteiger partial charge in [-0.1, -0.05) is 11.3 Å². The summed E-state index contributed by atoms with van der Waals surface area (Å²) in [6, 6.07) is 5.78. The van der Waals surface area contributed by atoms with Crippen molar-refractivity contribution in [1.29, 1.82) is 0 Å². The van der Waals surface area contributed by atoms with E-state index in [9.17, 15) is 9.59 Å². The summed E-state index contributed by atoms with van der Waals surface area (Å²) in [6.07, 6.45) is 0. The molecule has 0 spiro atoms. The number of hydrogen-bond donors (Lipinski definition) is 2. The van der Waals surface area contributed by atoms with Crippen molar-refractivity contribution in [2.75, 3.05) is 5.32 Å². The van der Waals surface area contributed by atoms with Crippen LogP contribution in [0.25, 0.3) is 0 Å². The highest BCUT2D eigenvalue weighted by Crippen LogP contribution is 2.19. The first-order valence-corrected chi connectivity index (χ1v) is 7.14. The maximum Gasteiger partial charge on any atom is 0.305 e. The van der Waals surface area contributed by atoms with Gasteiger partial charge in [-0.3, -0.25) is 9.59 Å². The molecule has 94 valence electrons. The van der Waals surface area contributed by atoms with E-state index in [-0.39, 0.29) is 10.8 Å². The van der Waals surface area contributed by atoms with Crippen molar-refractivity contribution in [2.24, 2.45) is 0 Å². The highest BCUT2D eigenvalue weighted by atomic mass is 127. The fourth-order valence-electron chi connectivity index (χ4n) is 1.57. The molecule has 2 aromatic rings. The Bertz CT molecular complexity index is 660. The molecule has 1 aromatic heterocycles. The van der Waals surface area contributed by atoms with E-state index < -0.39 is 0 Å². The Morgan fingerprint density at radius 1 is 1.39 bits per heavy atom.